The van der Waals surface area contributed by atoms with Gasteiger partial charge in [-0.15, -0.1) is 0 Å². The van der Waals surface area contributed by atoms with Gasteiger partial charge >= 0.3 is 0 Å². The van der Waals surface area contributed by atoms with Crippen LogP contribution in [0.5, 0.6) is 0 Å². The number of halogens is 6. The summed E-state index contributed by atoms with van der Waals surface area (Å²) in [5.74, 6) is 0. The molecule has 0 saturated carbocycles. The molecule has 0 saturated heterocycles. The molecule has 0 aliphatic rings. The molecule has 0 fully saturated rings. The zero-order valence-electron chi connectivity index (χ0n) is 8.83. The van der Waals surface area contributed by atoms with Gasteiger partial charge in [0.05, 0.1) is 14.5 Å². The van der Waals surface area contributed by atoms with E-state index in [1.54, 1.807) is 6.07 Å². The molecule has 3 aromatic rings. The number of furan rings is 1. The largest absolute Gasteiger partial charge is 0.453 e. The Hall–Kier alpha value is 0.360. The second kappa shape index (κ2) is 4.97. The monoisotopic (exact) mass is 460 g/mol. The Kier molecular flexibility index (Phi) is 3.74. The SMILES string of the molecule is Clc1ccc2c(oc3c(Cl)c(Cl)c(Br)c(Br)c32)c1Cl. The first kappa shape index (κ1) is 14.3. The summed E-state index contributed by atoms with van der Waals surface area (Å²) in [6.07, 6.45) is 0. The molecule has 19 heavy (non-hydrogen) atoms. The zero-order chi connectivity index (χ0) is 13.9. The maximum atomic E-state index is 6.21. The molecule has 0 unspecified atom stereocenters. The summed E-state index contributed by atoms with van der Waals surface area (Å²) in [5.41, 5.74) is 0.960. The first-order valence-electron chi connectivity index (χ1n) is 4.95. The van der Waals surface area contributed by atoms with E-state index in [0.717, 1.165) is 15.2 Å². The van der Waals surface area contributed by atoms with Crippen molar-refractivity contribution in [2.75, 3.05) is 0 Å². The molecule has 0 atom stereocenters. The third-order valence-corrected chi connectivity index (χ3v) is 6.72. The second-order valence-electron chi connectivity index (χ2n) is 3.80. The zero-order valence-corrected chi connectivity index (χ0v) is 15.0. The molecular weight excluding hydrogens is 462 g/mol. The average molecular weight is 464 g/mol. The van der Waals surface area contributed by atoms with Gasteiger partial charge in [-0.05, 0) is 44.0 Å². The maximum Gasteiger partial charge on any atom is 0.156 e. The molecule has 0 bridgehead atoms. The van der Waals surface area contributed by atoms with Gasteiger partial charge in [-0.25, -0.2) is 0 Å². The molecule has 7 heteroatoms. The van der Waals surface area contributed by atoms with Gasteiger partial charge < -0.3 is 4.42 Å². The molecule has 0 spiro atoms. The van der Waals surface area contributed by atoms with E-state index in [9.17, 15) is 0 Å². The van der Waals surface area contributed by atoms with E-state index < -0.39 is 0 Å². The van der Waals surface area contributed by atoms with E-state index in [4.69, 9.17) is 50.8 Å². The fraction of sp³-hybridized carbons (Fsp3) is 0. The van der Waals surface area contributed by atoms with Crippen LogP contribution in [0.15, 0.2) is 25.5 Å². The standard InChI is InChI=1S/C12H2Br2Cl4O/c13-6-5-3-1-2-4(15)8(16)11(3)19-12(5)10(18)9(17)7(6)14/h1-2H. The van der Waals surface area contributed by atoms with Crippen LogP contribution in [0.25, 0.3) is 21.9 Å². The van der Waals surface area contributed by atoms with Crippen LogP contribution in [0.3, 0.4) is 0 Å². The predicted molar refractivity (Wildman–Crippen MR) is 89.2 cm³/mol. The molecule has 1 nitrogen and oxygen atoms in total. The van der Waals surface area contributed by atoms with Crippen LogP contribution in [0.4, 0.5) is 0 Å². The molecule has 98 valence electrons. The minimum absolute atomic E-state index is 0.329. The van der Waals surface area contributed by atoms with Gasteiger partial charge in [-0.2, -0.15) is 0 Å². The molecule has 0 aliphatic carbocycles. The quantitative estimate of drug-likeness (QED) is 0.246. The first-order chi connectivity index (χ1) is 8.93. The summed E-state index contributed by atoms with van der Waals surface area (Å²) < 4.78 is 7.15. The van der Waals surface area contributed by atoms with Crippen molar-refractivity contribution >= 4 is 100 Å². The van der Waals surface area contributed by atoms with Crippen molar-refractivity contribution < 1.29 is 4.42 Å². The highest BCUT2D eigenvalue weighted by atomic mass is 79.9. The third kappa shape index (κ3) is 2.02. The van der Waals surface area contributed by atoms with Gasteiger partial charge in [0, 0.05) is 15.2 Å². The molecule has 1 aromatic heterocycles. The fourth-order valence-corrected chi connectivity index (χ4v) is 3.86. The summed E-state index contributed by atoms with van der Waals surface area (Å²) in [5, 5.41) is 3.10. The molecule has 2 aromatic carbocycles. The fourth-order valence-electron chi connectivity index (χ4n) is 1.88. The highest BCUT2D eigenvalue weighted by Gasteiger charge is 2.21. The average Bonchev–Trinajstić information content (AvgIpc) is 2.78. The van der Waals surface area contributed by atoms with Crippen molar-refractivity contribution in [3.05, 3.63) is 41.2 Å². The van der Waals surface area contributed by atoms with E-state index in [0.29, 0.717) is 35.7 Å². The van der Waals surface area contributed by atoms with Crippen molar-refractivity contribution in [3.63, 3.8) is 0 Å². The normalized spacial score (nSPS) is 11.7. The van der Waals surface area contributed by atoms with Crippen molar-refractivity contribution in [2.45, 2.75) is 0 Å². The van der Waals surface area contributed by atoms with Crippen LogP contribution >= 0.6 is 78.3 Å². The number of hydrogen-bond donors (Lipinski definition) is 0. The Morgan fingerprint density at radius 1 is 0.789 bits per heavy atom. The summed E-state index contributed by atoms with van der Waals surface area (Å²) in [7, 11) is 0. The van der Waals surface area contributed by atoms with Crippen molar-refractivity contribution in [2.24, 2.45) is 0 Å². The predicted octanol–water partition coefficient (Wildman–Crippen LogP) is 7.72. The maximum absolute atomic E-state index is 6.21. The van der Waals surface area contributed by atoms with Gasteiger partial charge in [0.1, 0.15) is 10.0 Å². The van der Waals surface area contributed by atoms with Gasteiger partial charge in [0.25, 0.3) is 0 Å². The first-order valence-corrected chi connectivity index (χ1v) is 8.05. The van der Waals surface area contributed by atoms with Crippen molar-refractivity contribution in [1.82, 2.24) is 0 Å². The Balaban J connectivity index is 2.66. The number of fused-ring (bicyclic) bond motifs is 3. The van der Waals surface area contributed by atoms with Crippen LogP contribution in [0.2, 0.25) is 20.1 Å². The molecule has 3 rings (SSSR count). The molecule has 1 heterocycles. The van der Waals surface area contributed by atoms with Gasteiger partial charge in [-0.3, -0.25) is 0 Å². The van der Waals surface area contributed by atoms with Crippen molar-refractivity contribution in [3.8, 4) is 0 Å². The Morgan fingerprint density at radius 2 is 1.47 bits per heavy atom. The van der Waals surface area contributed by atoms with Crippen LogP contribution in [-0.4, -0.2) is 0 Å². The highest BCUT2D eigenvalue weighted by Crippen LogP contribution is 2.48. The Bertz CT molecular complexity index is 841. The lowest BCUT2D eigenvalue weighted by Crippen LogP contribution is -1.78. The minimum atomic E-state index is 0.329. The van der Waals surface area contributed by atoms with Crippen molar-refractivity contribution in [1.29, 1.82) is 0 Å². The van der Waals surface area contributed by atoms with E-state index in [1.165, 1.54) is 0 Å². The lowest BCUT2D eigenvalue weighted by molar-refractivity contribution is 0.669. The molecule has 0 N–H and O–H groups in total. The second-order valence-corrected chi connectivity index (χ2v) is 6.93. The minimum Gasteiger partial charge on any atom is -0.453 e. The Morgan fingerprint density at radius 3 is 2.16 bits per heavy atom. The van der Waals surface area contributed by atoms with Gasteiger partial charge in [0.15, 0.2) is 11.2 Å². The van der Waals surface area contributed by atoms with E-state index in [2.05, 4.69) is 31.9 Å². The van der Waals surface area contributed by atoms with E-state index >= 15 is 0 Å². The molecule has 0 radical (unpaired) electrons. The van der Waals surface area contributed by atoms with Gasteiger partial charge in [-0.1, -0.05) is 46.4 Å². The summed E-state index contributed by atoms with van der Waals surface area (Å²) in [4.78, 5) is 0. The van der Waals surface area contributed by atoms with E-state index in [1.807, 2.05) is 6.07 Å². The number of benzene rings is 2. The topological polar surface area (TPSA) is 13.1 Å². The van der Waals surface area contributed by atoms with Crippen LogP contribution in [-0.2, 0) is 0 Å². The third-order valence-electron chi connectivity index (χ3n) is 2.75. The van der Waals surface area contributed by atoms with Crippen LogP contribution < -0.4 is 0 Å². The van der Waals surface area contributed by atoms with Gasteiger partial charge in [0.2, 0.25) is 0 Å². The van der Waals surface area contributed by atoms with Crippen LogP contribution in [0.1, 0.15) is 0 Å². The van der Waals surface area contributed by atoms with Crippen LogP contribution in [0, 0.1) is 0 Å². The highest BCUT2D eigenvalue weighted by molar-refractivity contribution is 9.13. The molecule has 0 amide bonds. The van der Waals surface area contributed by atoms with E-state index in [-0.39, 0.29) is 0 Å². The molecular formula is C12H2Br2Cl4O. The Labute approximate surface area is 145 Å². The lowest BCUT2D eigenvalue weighted by Gasteiger charge is -2.03. The smallest absolute Gasteiger partial charge is 0.156 e. The lowest BCUT2D eigenvalue weighted by atomic mass is 10.1. The summed E-state index contributed by atoms with van der Waals surface area (Å²) in [6, 6.07) is 3.54. The number of rotatable bonds is 0. The summed E-state index contributed by atoms with van der Waals surface area (Å²) >= 11 is 31.4. The molecule has 0 aliphatic heterocycles. The summed E-state index contributed by atoms with van der Waals surface area (Å²) in [6.45, 7) is 0. The number of hydrogen-bond acceptors (Lipinski definition) is 1.